The summed E-state index contributed by atoms with van der Waals surface area (Å²) >= 11 is 0. The van der Waals surface area contributed by atoms with Gasteiger partial charge in [-0.3, -0.25) is 0 Å². The second-order valence-electron chi connectivity index (χ2n) is 5.52. The largest absolute Gasteiger partial charge is 0.396 e. The summed E-state index contributed by atoms with van der Waals surface area (Å²) in [6.45, 7) is 4.69. The lowest BCUT2D eigenvalue weighted by atomic mass is 9.75. The lowest BCUT2D eigenvalue weighted by Crippen LogP contribution is -2.30. The van der Waals surface area contributed by atoms with Gasteiger partial charge in [-0.2, -0.15) is 0 Å². The second kappa shape index (κ2) is 4.32. The van der Waals surface area contributed by atoms with Crippen LogP contribution in [0.15, 0.2) is 18.3 Å². The summed E-state index contributed by atoms with van der Waals surface area (Å²) in [6.07, 6.45) is 6.76. The molecule has 16 heavy (non-hydrogen) atoms. The fraction of sp³-hybridized carbons (Fsp3) is 0.615. The van der Waals surface area contributed by atoms with Gasteiger partial charge in [0.1, 0.15) is 5.82 Å². The van der Waals surface area contributed by atoms with Crippen molar-refractivity contribution in [3.05, 3.63) is 18.3 Å². The Morgan fingerprint density at radius 2 is 2.06 bits per heavy atom. The Balaban J connectivity index is 1.95. The van der Waals surface area contributed by atoms with Crippen LogP contribution in [0, 0.1) is 5.41 Å². The molecule has 1 heterocycles. The third-order valence-corrected chi connectivity index (χ3v) is 3.52. The van der Waals surface area contributed by atoms with Crippen LogP contribution in [0.3, 0.4) is 0 Å². The SMILES string of the molecule is CC1(C)CCC(Nc2ncccc2N)CC1. The smallest absolute Gasteiger partial charge is 0.149 e. The van der Waals surface area contributed by atoms with Gasteiger partial charge in [-0.15, -0.1) is 0 Å². The molecule has 0 amide bonds. The van der Waals surface area contributed by atoms with E-state index in [1.165, 1.54) is 25.7 Å². The molecule has 3 heteroatoms. The number of rotatable bonds is 2. The number of nitrogen functional groups attached to an aromatic ring is 1. The molecule has 3 N–H and O–H groups in total. The van der Waals surface area contributed by atoms with Crippen molar-refractivity contribution < 1.29 is 0 Å². The van der Waals surface area contributed by atoms with Crippen LogP contribution in [0.1, 0.15) is 39.5 Å². The third kappa shape index (κ3) is 2.65. The summed E-state index contributed by atoms with van der Waals surface area (Å²) < 4.78 is 0. The van der Waals surface area contributed by atoms with Gasteiger partial charge in [-0.05, 0) is 43.2 Å². The van der Waals surface area contributed by atoms with Gasteiger partial charge in [0, 0.05) is 12.2 Å². The lowest BCUT2D eigenvalue weighted by Gasteiger charge is -2.34. The quantitative estimate of drug-likeness (QED) is 0.803. The molecule has 2 rings (SSSR count). The summed E-state index contributed by atoms with van der Waals surface area (Å²) in [7, 11) is 0. The van der Waals surface area contributed by atoms with E-state index in [9.17, 15) is 0 Å². The van der Waals surface area contributed by atoms with E-state index in [-0.39, 0.29) is 0 Å². The number of anilines is 2. The lowest BCUT2D eigenvalue weighted by molar-refractivity contribution is 0.232. The molecular formula is C13H21N3. The Kier molecular flexibility index (Phi) is 3.03. The first kappa shape index (κ1) is 11.2. The average molecular weight is 219 g/mol. The Bertz CT molecular complexity index is 350. The zero-order valence-corrected chi connectivity index (χ0v) is 10.2. The number of nitrogens with two attached hydrogens (primary N) is 1. The van der Waals surface area contributed by atoms with Gasteiger partial charge in [-0.1, -0.05) is 13.8 Å². The zero-order chi connectivity index (χ0) is 11.6. The van der Waals surface area contributed by atoms with E-state index in [0.717, 1.165) is 11.5 Å². The molecule has 1 aromatic heterocycles. The molecule has 0 radical (unpaired) electrons. The van der Waals surface area contributed by atoms with Crippen LogP contribution in [-0.4, -0.2) is 11.0 Å². The van der Waals surface area contributed by atoms with Gasteiger partial charge in [0.05, 0.1) is 5.69 Å². The molecule has 0 saturated heterocycles. The van der Waals surface area contributed by atoms with E-state index >= 15 is 0 Å². The fourth-order valence-corrected chi connectivity index (χ4v) is 2.28. The van der Waals surface area contributed by atoms with Crippen molar-refractivity contribution in [1.29, 1.82) is 0 Å². The number of hydrogen-bond donors (Lipinski definition) is 2. The van der Waals surface area contributed by atoms with Gasteiger partial charge in [-0.25, -0.2) is 4.98 Å². The van der Waals surface area contributed by atoms with Crippen molar-refractivity contribution in [3.8, 4) is 0 Å². The molecule has 1 fully saturated rings. The number of nitrogens with one attached hydrogen (secondary N) is 1. The highest BCUT2D eigenvalue weighted by atomic mass is 15.0. The van der Waals surface area contributed by atoms with E-state index in [4.69, 9.17) is 5.73 Å². The number of hydrogen-bond acceptors (Lipinski definition) is 3. The molecule has 0 spiro atoms. The predicted molar refractivity (Wildman–Crippen MR) is 68.3 cm³/mol. The highest BCUT2D eigenvalue weighted by Gasteiger charge is 2.26. The van der Waals surface area contributed by atoms with Crippen molar-refractivity contribution >= 4 is 11.5 Å². The summed E-state index contributed by atoms with van der Waals surface area (Å²) in [5.41, 5.74) is 7.12. The maximum atomic E-state index is 5.87. The molecule has 88 valence electrons. The normalized spacial score (nSPS) is 20.6. The van der Waals surface area contributed by atoms with Crippen molar-refractivity contribution in [2.24, 2.45) is 5.41 Å². The minimum absolute atomic E-state index is 0.508. The maximum Gasteiger partial charge on any atom is 0.149 e. The van der Waals surface area contributed by atoms with E-state index in [1.807, 2.05) is 12.1 Å². The van der Waals surface area contributed by atoms with Crippen LogP contribution in [-0.2, 0) is 0 Å². The van der Waals surface area contributed by atoms with Crippen LogP contribution in [0.25, 0.3) is 0 Å². The third-order valence-electron chi connectivity index (χ3n) is 3.52. The monoisotopic (exact) mass is 219 g/mol. The van der Waals surface area contributed by atoms with Crippen molar-refractivity contribution in [3.63, 3.8) is 0 Å². The molecule has 1 aromatic rings. The topological polar surface area (TPSA) is 50.9 Å². The average Bonchev–Trinajstić information content (AvgIpc) is 2.24. The van der Waals surface area contributed by atoms with Gasteiger partial charge in [0.15, 0.2) is 0 Å². The molecule has 0 aromatic carbocycles. The molecule has 0 aliphatic heterocycles. The second-order valence-corrected chi connectivity index (χ2v) is 5.52. The van der Waals surface area contributed by atoms with Crippen LogP contribution >= 0.6 is 0 Å². The molecule has 0 bridgehead atoms. The number of pyridine rings is 1. The van der Waals surface area contributed by atoms with Crippen molar-refractivity contribution in [1.82, 2.24) is 4.98 Å². The van der Waals surface area contributed by atoms with E-state index in [2.05, 4.69) is 24.1 Å². The first-order valence-corrected chi connectivity index (χ1v) is 6.04. The molecular weight excluding hydrogens is 198 g/mol. The Morgan fingerprint density at radius 3 is 2.69 bits per heavy atom. The van der Waals surface area contributed by atoms with Crippen LogP contribution in [0.2, 0.25) is 0 Å². The standard InChI is InChI=1S/C13H21N3/c1-13(2)7-5-10(6-8-13)16-12-11(14)4-3-9-15-12/h3-4,9-10H,5-8,14H2,1-2H3,(H,15,16). The predicted octanol–water partition coefficient (Wildman–Crippen LogP) is 3.04. The maximum absolute atomic E-state index is 5.87. The van der Waals surface area contributed by atoms with Crippen molar-refractivity contribution in [2.45, 2.75) is 45.6 Å². The van der Waals surface area contributed by atoms with Crippen LogP contribution in [0.5, 0.6) is 0 Å². The summed E-state index contributed by atoms with van der Waals surface area (Å²) in [5.74, 6) is 0.840. The highest BCUT2D eigenvalue weighted by Crippen LogP contribution is 2.36. The molecule has 1 saturated carbocycles. The number of nitrogens with zero attached hydrogens (tertiary/aromatic N) is 1. The zero-order valence-electron chi connectivity index (χ0n) is 10.2. The van der Waals surface area contributed by atoms with Gasteiger partial charge >= 0.3 is 0 Å². The molecule has 0 atom stereocenters. The summed E-state index contributed by atoms with van der Waals surface area (Å²) in [4.78, 5) is 4.27. The Morgan fingerprint density at radius 1 is 1.38 bits per heavy atom. The minimum atomic E-state index is 0.508. The Labute approximate surface area is 97.5 Å². The minimum Gasteiger partial charge on any atom is -0.396 e. The van der Waals surface area contributed by atoms with Gasteiger partial charge < -0.3 is 11.1 Å². The first-order valence-electron chi connectivity index (χ1n) is 6.04. The number of aromatic nitrogens is 1. The van der Waals surface area contributed by atoms with Gasteiger partial charge in [0.2, 0.25) is 0 Å². The first-order chi connectivity index (χ1) is 7.57. The van der Waals surface area contributed by atoms with E-state index in [1.54, 1.807) is 6.20 Å². The molecule has 3 nitrogen and oxygen atoms in total. The van der Waals surface area contributed by atoms with E-state index in [0.29, 0.717) is 11.5 Å². The molecule has 0 unspecified atom stereocenters. The van der Waals surface area contributed by atoms with Gasteiger partial charge in [0.25, 0.3) is 0 Å². The van der Waals surface area contributed by atoms with Crippen LogP contribution < -0.4 is 11.1 Å². The molecule has 1 aliphatic rings. The molecule has 1 aliphatic carbocycles. The van der Waals surface area contributed by atoms with Crippen molar-refractivity contribution in [2.75, 3.05) is 11.1 Å². The fourth-order valence-electron chi connectivity index (χ4n) is 2.28. The summed E-state index contributed by atoms with van der Waals surface area (Å²) in [6, 6.07) is 4.29. The highest BCUT2D eigenvalue weighted by molar-refractivity contribution is 5.60. The summed E-state index contributed by atoms with van der Waals surface area (Å²) in [5, 5.41) is 3.45. The van der Waals surface area contributed by atoms with Crippen LogP contribution in [0.4, 0.5) is 11.5 Å². The van der Waals surface area contributed by atoms with E-state index < -0.39 is 0 Å². The Hall–Kier alpha value is -1.25.